The Morgan fingerprint density at radius 2 is 2.31 bits per heavy atom. The first-order chi connectivity index (χ1) is 6.38. The van der Waals surface area contributed by atoms with E-state index in [0.29, 0.717) is 6.04 Å². The van der Waals surface area contributed by atoms with Gasteiger partial charge in [-0.15, -0.1) is 0 Å². The van der Waals surface area contributed by atoms with Crippen LogP contribution in [0.15, 0.2) is 24.3 Å². The van der Waals surface area contributed by atoms with Crippen molar-refractivity contribution in [1.82, 2.24) is 4.90 Å². The number of allylic oxidation sites excluding steroid dienone is 3. The fourth-order valence-electron chi connectivity index (χ4n) is 1.78. The van der Waals surface area contributed by atoms with E-state index in [9.17, 15) is 0 Å². The van der Waals surface area contributed by atoms with Crippen LogP contribution in [0, 0.1) is 0 Å². The van der Waals surface area contributed by atoms with Crippen LogP contribution in [0.25, 0.3) is 0 Å². The molecule has 1 heterocycles. The van der Waals surface area contributed by atoms with Crippen molar-refractivity contribution >= 4 is 0 Å². The molecule has 1 N–H and O–H groups in total. The summed E-state index contributed by atoms with van der Waals surface area (Å²) in [6.45, 7) is 4.23. The summed E-state index contributed by atoms with van der Waals surface area (Å²) in [6, 6.07) is 0.545. The second-order valence-electron chi connectivity index (χ2n) is 3.38. The predicted octanol–water partition coefficient (Wildman–Crippen LogP) is 1.58. The summed E-state index contributed by atoms with van der Waals surface area (Å²) in [5.41, 5.74) is 0. The van der Waals surface area contributed by atoms with Crippen LogP contribution in [0.3, 0.4) is 0 Å². The average molecular weight is 181 g/mol. The minimum atomic E-state index is 0.272. The highest BCUT2D eigenvalue weighted by atomic mass is 16.3. The van der Waals surface area contributed by atoms with Crippen molar-refractivity contribution in [3.8, 4) is 0 Å². The van der Waals surface area contributed by atoms with Crippen molar-refractivity contribution < 1.29 is 5.11 Å². The first-order valence-electron chi connectivity index (χ1n) is 5.03. The van der Waals surface area contributed by atoms with Crippen LogP contribution in [-0.2, 0) is 0 Å². The molecule has 2 nitrogen and oxygen atoms in total. The number of aliphatic hydroxyl groups is 1. The van der Waals surface area contributed by atoms with Gasteiger partial charge >= 0.3 is 0 Å². The normalized spacial score (nSPS) is 25.2. The largest absolute Gasteiger partial charge is 0.395 e. The molecule has 13 heavy (non-hydrogen) atoms. The van der Waals surface area contributed by atoms with Crippen molar-refractivity contribution in [2.24, 2.45) is 0 Å². The molecule has 1 rings (SSSR count). The van der Waals surface area contributed by atoms with Gasteiger partial charge in [0.2, 0.25) is 0 Å². The van der Waals surface area contributed by atoms with Gasteiger partial charge in [-0.1, -0.05) is 24.3 Å². The molecule has 0 unspecified atom stereocenters. The highest BCUT2D eigenvalue weighted by Gasteiger charge is 2.20. The third kappa shape index (κ3) is 3.33. The zero-order valence-electron chi connectivity index (χ0n) is 8.32. The lowest BCUT2D eigenvalue weighted by molar-refractivity contribution is 0.201. The minimum absolute atomic E-state index is 0.272. The summed E-state index contributed by atoms with van der Waals surface area (Å²) < 4.78 is 0. The third-order valence-corrected chi connectivity index (χ3v) is 2.44. The Morgan fingerprint density at radius 1 is 1.46 bits per heavy atom. The van der Waals surface area contributed by atoms with Gasteiger partial charge in [0.25, 0.3) is 0 Å². The number of hydrogen-bond donors (Lipinski definition) is 1. The van der Waals surface area contributed by atoms with E-state index in [1.807, 2.05) is 13.0 Å². The van der Waals surface area contributed by atoms with Gasteiger partial charge in [0.15, 0.2) is 0 Å². The lowest BCUT2D eigenvalue weighted by Gasteiger charge is -2.19. The van der Waals surface area contributed by atoms with Gasteiger partial charge in [-0.3, -0.25) is 4.90 Å². The lowest BCUT2D eigenvalue weighted by Crippen LogP contribution is -2.30. The predicted molar refractivity (Wildman–Crippen MR) is 55.6 cm³/mol. The number of rotatable bonds is 4. The van der Waals surface area contributed by atoms with Crippen LogP contribution in [0.4, 0.5) is 0 Å². The van der Waals surface area contributed by atoms with E-state index in [1.54, 1.807) is 0 Å². The number of aliphatic hydroxyl groups excluding tert-OH is 1. The third-order valence-electron chi connectivity index (χ3n) is 2.44. The van der Waals surface area contributed by atoms with E-state index in [1.165, 1.54) is 12.8 Å². The van der Waals surface area contributed by atoms with Crippen LogP contribution >= 0.6 is 0 Å². The van der Waals surface area contributed by atoms with E-state index in [2.05, 4.69) is 23.1 Å². The Morgan fingerprint density at radius 3 is 3.00 bits per heavy atom. The Balaban J connectivity index is 2.38. The van der Waals surface area contributed by atoms with Crippen LogP contribution in [0.2, 0.25) is 0 Å². The van der Waals surface area contributed by atoms with Gasteiger partial charge in [0.1, 0.15) is 0 Å². The molecule has 0 bridgehead atoms. The molecule has 1 fully saturated rings. The van der Waals surface area contributed by atoms with Gasteiger partial charge in [-0.05, 0) is 26.3 Å². The van der Waals surface area contributed by atoms with Crippen LogP contribution in [-0.4, -0.2) is 35.7 Å². The van der Waals surface area contributed by atoms with E-state index < -0.39 is 0 Å². The number of hydrogen-bond acceptors (Lipinski definition) is 2. The molecule has 0 aliphatic carbocycles. The van der Waals surface area contributed by atoms with Gasteiger partial charge in [0, 0.05) is 12.6 Å². The summed E-state index contributed by atoms with van der Waals surface area (Å²) in [7, 11) is 0. The van der Waals surface area contributed by atoms with E-state index in [0.717, 1.165) is 13.1 Å². The molecular weight excluding hydrogens is 162 g/mol. The molecular formula is C11H19NO. The topological polar surface area (TPSA) is 23.5 Å². The molecule has 0 aromatic carbocycles. The van der Waals surface area contributed by atoms with E-state index in [4.69, 9.17) is 5.11 Å². The number of nitrogens with zero attached hydrogens (tertiary/aromatic N) is 1. The smallest absolute Gasteiger partial charge is 0.0558 e. The fraction of sp³-hybridized carbons (Fsp3) is 0.636. The molecule has 0 spiro atoms. The Kier molecular flexibility index (Phi) is 4.79. The van der Waals surface area contributed by atoms with E-state index >= 15 is 0 Å². The van der Waals surface area contributed by atoms with Gasteiger partial charge < -0.3 is 5.11 Å². The molecule has 0 aromatic heterocycles. The number of likely N-dealkylation sites (tertiary alicyclic amines) is 1. The molecule has 2 heteroatoms. The standard InChI is InChI=1S/C11H19NO/c1-2-3-4-6-11-7-5-8-12(11)9-10-13/h2-4,6,11,13H,5,7-10H2,1H3/b3-2+,6-4+/t11-/m0/s1. The minimum Gasteiger partial charge on any atom is -0.395 e. The highest BCUT2D eigenvalue weighted by molar-refractivity contribution is 5.07. The zero-order valence-corrected chi connectivity index (χ0v) is 8.32. The molecule has 1 saturated heterocycles. The molecule has 0 aromatic rings. The zero-order chi connectivity index (χ0) is 9.52. The summed E-state index contributed by atoms with van der Waals surface area (Å²) in [5.74, 6) is 0. The summed E-state index contributed by atoms with van der Waals surface area (Å²) in [4.78, 5) is 2.33. The van der Waals surface area contributed by atoms with Gasteiger partial charge in [0.05, 0.1) is 6.61 Å². The Hall–Kier alpha value is -0.600. The maximum atomic E-state index is 8.84. The summed E-state index contributed by atoms with van der Waals surface area (Å²) in [6.07, 6.45) is 10.9. The molecule has 0 radical (unpaired) electrons. The van der Waals surface area contributed by atoms with Gasteiger partial charge in [-0.2, -0.15) is 0 Å². The summed E-state index contributed by atoms with van der Waals surface area (Å²) in [5, 5.41) is 8.84. The van der Waals surface area contributed by atoms with Crippen molar-refractivity contribution in [2.45, 2.75) is 25.8 Å². The van der Waals surface area contributed by atoms with Crippen LogP contribution in [0.1, 0.15) is 19.8 Å². The fourth-order valence-corrected chi connectivity index (χ4v) is 1.78. The molecule has 74 valence electrons. The van der Waals surface area contributed by atoms with Gasteiger partial charge in [-0.25, -0.2) is 0 Å². The Bertz CT molecular complexity index is 187. The average Bonchev–Trinajstić information content (AvgIpc) is 2.54. The van der Waals surface area contributed by atoms with Crippen molar-refractivity contribution in [1.29, 1.82) is 0 Å². The quantitative estimate of drug-likeness (QED) is 0.666. The molecule has 0 saturated carbocycles. The monoisotopic (exact) mass is 181 g/mol. The van der Waals surface area contributed by atoms with Crippen LogP contribution in [0.5, 0.6) is 0 Å². The maximum absolute atomic E-state index is 8.84. The molecule has 0 amide bonds. The van der Waals surface area contributed by atoms with Crippen molar-refractivity contribution in [3.05, 3.63) is 24.3 Å². The highest BCUT2D eigenvalue weighted by Crippen LogP contribution is 2.17. The maximum Gasteiger partial charge on any atom is 0.0558 e. The SMILES string of the molecule is C/C=C/C=C/[C@H]1CCCN1CCO. The molecule has 1 aliphatic rings. The van der Waals surface area contributed by atoms with Crippen LogP contribution < -0.4 is 0 Å². The molecule has 1 aliphatic heterocycles. The van der Waals surface area contributed by atoms with Crippen molar-refractivity contribution in [3.63, 3.8) is 0 Å². The van der Waals surface area contributed by atoms with E-state index in [-0.39, 0.29) is 6.61 Å². The first kappa shape index (κ1) is 10.5. The summed E-state index contributed by atoms with van der Waals surface area (Å²) >= 11 is 0. The first-order valence-corrected chi connectivity index (χ1v) is 5.03. The second-order valence-corrected chi connectivity index (χ2v) is 3.38. The molecule has 1 atom stereocenters. The number of β-amino-alcohol motifs (C(OH)–C–C–N with tert-alkyl or cyclic N) is 1. The Labute approximate surface area is 80.6 Å². The lowest BCUT2D eigenvalue weighted by atomic mass is 10.2. The second kappa shape index (κ2) is 5.95. The van der Waals surface area contributed by atoms with Crippen molar-refractivity contribution in [2.75, 3.05) is 19.7 Å².